The number of nitrogens with zero attached hydrogens (tertiary/aromatic N) is 1. The average molecular weight is 346 g/mol. The molecule has 0 aromatic heterocycles. The Morgan fingerprint density at radius 3 is 2.08 bits per heavy atom. The molecule has 2 aromatic carbocycles. The second kappa shape index (κ2) is 6.52. The fourth-order valence-corrected chi connectivity index (χ4v) is 3.65. The predicted molar refractivity (Wildman–Crippen MR) is 91.8 cm³/mol. The molecule has 3 rings (SSSR count). The second-order valence-corrected chi connectivity index (χ2v) is 7.35. The van der Waals surface area contributed by atoms with Crippen molar-refractivity contribution >= 4 is 27.2 Å². The number of benzene rings is 2. The maximum atomic E-state index is 12.3. The van der Waals surface area contributed by atoms with Gasteiger partial charge in [0.1, 0.15) is 11.5 Å². The van der Waals surface area contributed by atoms with Gasteiger partial charge in [0.25, 0.3) is 10.0 Å². The van der Waals surface area contributed by atoms with Crippen LogP contribution in [0.3, 0.4) is 0 Å². The summed E-state index contributed by atoms with van der Waals surface area (Å²) >= 11 is 0. The highest BCUT2D eigenvalue weighted by Crippen LogP contribution is 2.23. The molecule has 0 spiro atoms. The number of ketones is 1. The van der Waals surface area contributed by atoms with Gasteiger partial charge in [-0.25, -0.2) is 8.42 Å². The van der Waals surface area contributed by atoms with Gasteiger partial charge in [-0.2, -0.15) is 0 Å². The number of phenols is 1. The van der Waals surface area contributed by atoms with Gasteiger partial charge in [0.15, 0.2) is 0 Å². The van der Waals surface area contributed by atoms with Crippen LogP contribution in [0.2, 0.25) is 0 Å². The van der Waals surface area contributed by atoms with Crippen LogP contribution in [-0.4, -0.2) is 32.4 Å². The van der Waals surface area contributed by atoms with Crippen molar-refractivity contribution in [3.8, 4) is 5.75 Å². The van der Waals surface area contributed by atoms with Gasteiger partial charge in [0.05, 0.1) is 4.90 Å². The minimum Gasteiger partial charge on any atom is -0.508 e. The van der Waals surface area contributed by atoms with Crippen molar-refractivity contribution in [2.45, 2.75) is 17.7 Å². The number of hydrogen-bond donors (Lipinski definition) is 2. The molecule has 0 aliphatic carbocycles. The van der Waals surface area contributed by atoms with E-state index in [2.05, 4.69) is 9.62 Å². The molecule has 2 N–H and O–H groups in total. The van der Waals surface area contributed by atoms with Gasteiger partial charge in [-0.3, -0.25) is 9.52 Å². The fourth-order valence-electron chi connectivity index (χ4n) is 2.59. The van der Waals surface area contributed by atoms with E-state index in [0.717, 1.165) is 5.69 Å². The lowest BCUT2D eigenvalue weighted by Gasteiger charge is -2.28. The van der Waals surface area contributed by atoms with Crippen LogP contribution < -0.4 is 9.62 Å². The van der Waals surface area contributed by atoms with Crippen molar-refractivity contribution in [2.24, 2.45) is 0 Å². The maximum absolute atomic E-state index is 12.3. The van der Waals surface area contributed by atoms with E-state index in [9.17, 15) is 18.3 Å². The van der Waals surface area contributed by atoms with Crippen LogP contribution in [0.1, 0.15) is 12.8 Å². The van der Waals surface area contributed by atoms with E-state index >= 15 is 0 Å². The van der Waals surface area contributed by atoms with Crippen molar-refractivity contribution in [3.63, 3.8) is 0 Å². The zero-order valence-corrected chi connectivity index (χ0v) is 13.8. The number of phenolic OH excluding ortho intramolecular Hbond substituents is 1. The number of carbonyl (C=O) groups is 1. The number of carbonyl (C=O) groups excluding carboxylic acids is 1. The molecule has 1 aliphatic rings. The first kappa shape index (κ1) is 16.3. The Morgan fingerprint density at radius 1 is 0.917 bits per heavy atom. The van der Waals surface area contributed by atoms with Crippen molar-refractivity contribution in [3.05, 3.63) is 48.5 Å². The molecule has 1 heterocycles. The zero-order chi connectivity index (χ0) is 17.2. The lowest BCUT2D eigenvalue weighted by atomic mass is 10.1. The summed E-state index contributed by atoms with van der Waals surface area (Å²) in [5, 5.41) is 9.24. The summed E-state index contributed by atoms with van der Waals surface area (Å²) in [5.74, 6) is 0.294. The van der Waals surface area contributed by atoms with Gasteiger partial charge in [-0.05, 0) is 48.5 Å². The zero-order valence-electron chi connectivity index (χ0n) is 13.0. The van der Waals surface area contributed by atoms with Crippen molar-refractivity contribution in [2.75, 3.05) is 22.7 Å². The Hall–Kier alpha value is -2.54. The summed E-state index contributed by atoms with van der Waals surface area (Å²) < 4.78 is 27.1. The highest BCUT2D eigenvalue weighted by molar-refractivity contribution is 7.92. The molecule has 0 atom stereocenters. The SMILES string of the molecule is O=C1CCN(c2ccc(NS(=O)(=O)c3ccc(O)cc3)cc2)CC1. The average Bonchev–Trinajstić information content (AvgIpc) is 2.56. The number of Topliss-reactive ketones (excluding diaryl/α,β-unsaturated/α-hetero) is 1. The summed E-state index contributed by atoms with van der Waals surface area (Å²) in [6.45, 7) is 1.38. The van der Waals surface area contributed by atoms with Gasteiger partial charge in [-0.1, -0.05) is 0 Å². The second-order valence-electron chi connectivity index (χ2n) is 5.67. The molecule has 1 saturated heterocycles. The van der Waals surface area contributed by atoms with Crippen molar-refractivity contribution in [1.82, 2.24) is 0 Å². The lowest BCUT2D eigenvalue weighted by molar-refractivity contribution is -0.119. The minimum absolute atomic E-state index is 0.0123. The predicted octanol–water partition coefficient (Wildman–Crippen LogP) is 2.36. The van der Waals surface area contributed by atoms with E-state index in [4.69, 9.17) is 0 Å². The molecule has 2 aromatic rings. The first-order valence-electron chi connectivity index (χ1n) is 7.63. The number of hydrogen-bond acceptors (Lipinski definition) is 5. The summed E-state index contributed by atoms with van der Waals surface area (Å²) in [5.41, 5.74) is 1.43. The Labute approximate surface area is 140 Å². The minimum atomic E-state index is -3.69. The standard InChI is InChI=1S/C17H18N2O4S/c20-15-5-7-17(8-6-15)24(22,23)18-13-1-3-14(4-2-13)19-11-9-16(21)10-12-19/h1-8,18,20H,9-12H2. The van der Waals surface area contributed by atoms with Crippen LogP contribution in [0.5, 0.6) is 5.75 Å². The topological polar surface area (TPSA) is 86.7 Å². The molecular formula is C17H18N2O4S. The lowest BCUT2D eigenvalue weighted by Crippen LogP contribution is -2.33. The van der Waals surface area contributed by atoms with Crippen molar-refractivity contribution in [1.29, 1.82) is 0 Å². The molecule has 7 heteroatoms. The molecule has 0 saturated carbocycles. The van der Waals surface area contributed by atoms with Crippen LogP contribution >= 0.6 is 0 Å². The summed E-state index contributed by atoms with van der Waals surface area (Å²) in [6.07, 6.45) is 1.10. The molecule has 0 bridgehead atoms. The van der Waals surface area contributed by atoms with Gasteiger partial charge in [0, 0.05) is 37.3 Å². The quantitative estimate of drug-likeness (QED) is 0.887. The monoisotopic (exact) mass is 346 g/mol. The fraction of sp³-hybridized carbons (Fsp3) is 0.235. The molecular weight excluding hydrogens is 328 g/mol. The van der Waals surface area contributed by atoms with E-state index in [-0.39, 0.29) is 16.4 Å². The van der Waals surface area contributed by atoms with Crippen molar-refractivity contribution < 1.29 is 18.3 Å². The number of anilines is 2. The molecule has 0 unspecified atom stereocenters. The van der Waals surface area contributed by atoms with Crippen LogP contribution in [0.4, 0.5) is 11.4 Å². The van der Waals surface area contributed by atoms with E-state index in [1.54, 1.807) is 12.1 Å². The number of rotatable bonds is 4. The number of aromatic hydroxyl groups is 1. The van der Waals surface area contributed by atoms with Crippen LogP contribution in [-0.2, 0) is 14.8 Å². The van der Waals surface area contributed by atoms with E-state index in [1.807, 2.05) is 12.1 Å². The molecule has 0 radical (unpaired) electrons. The van der Waals surface area contributed by atoms with Crippen LogP contribution in [0, 0.1) is 0 Å². The largest absolute Gasteiger partial charge is 0.508 e. The maximum Gasteiger partial charge on any atom is 0.261 e. The molecule has 0 amide bonds. The molecule has 6 nitrogen and oxygen atoms in total. The van der Waals surface area contributed by atoms with Gasteiger partial charge < -0.3 is 10.0 Å². The van der Waals surface area contributed by atoms with Crippen LogP contribution in [0.25, 0.3) is 0 Å². The van der Waals surface area contributed by atoms with Crippen LogP contribution in [0.15, 0.2) is 53.4 Å². The summed E-state index contributed by atoms with van der Waals surface area (Å²) in [7, 11) is -3.69. The highest BCUT2D eigenvalue weighted by Gasteiger charge is 2.17. The normalized spacial score (nSPS) is 15.3. The Balaban J connectivity index is 1.71. The summed E-state index contributed by atoms with van der Waals surface area (Å²) in [6, 6.07) is 12.4. The van der Waals surface area contributed by atoms with E-state index in [1.165, 1.54) is 24.3 Å². The number of nitrogens with one attached hydrogen (secondary N) is 1. The van der Waals surface area contributed by atoms with E-state index < -0.39 is 10.0 Å². The molecule has 24 heavy (non-hydrogen) atoms. The Kier molecular flexibility index (Phi) is 4.44. The number of sulfonamides is 1. The Bertz CT molecular complexity index is 820. The Morgan fingerprint density at radius 2 is 1.50 bits per heavy atom. The van der Waals surface area contributed by atoms with E-state index in [0.29, 0.717) is 31.6 Å². The summed E-state index contributed by atoms with van der Waals surface area (Å²) in [4.78, 5) is 13.5. The third kappa shape index (κ3) is 3.68. The molecule has 126 valence electrons. The third-order valence-electron chi connectivity index (χ3n) is 3.95. The molecule has 1 aliphatic heterocycles. The first-order valence-corrected chi connectivity index (χ1v) is 9.11. The third-order valence-corrected chi connectivity index (χ3v) is 5.35. The van der Waals surface area contributed by atoms with Gasteiger partial charge in [0.2, 0.25) is 0 Å². The van der Waals surface area contributed by atoms with Gasteiger partial charge >= 0.3 is 0 Å². The smallest absolute Gasteiger partial charge is 0.261 e. The molecule has 1 fully saturated rings. The number of piperidine rings is 1. The van der Waals surface area contributed by atoms with Gasteiger partial charge in [-0.15, -0.1) is 0 Å². The first-order chi connectivity index (χ1) is 11.4. The highest BCUT2D eigenvalue weighted by atomic mass is 32.2.